The van der Waals surface area contributed by atoms with Crippen molar-refractivity contribution in [1.29, 1.82) is 0 Å². The SMILES string of the molecule is CCCCCCCCCCCCCCCCCCC(=O)NC(CCC(=O)NCCOCCOCC(=O)O)C(=O)OC(C)(C)C. The van der Waals surface area contributed by atoms with Gasteiger partial charge in [-0.1, -0.05) is 103 Å². The van der Waals surface area contributed by atoms with Gasteiger partial charge in [-0.05, 0) is 33.6 Å². The third-order valence-electron chi connectivity index (χ3n) is 7.11. The molecule has 0 spiro atoms. The monoisotopic (exact) mass is 628 g/mol. The Morgan fingerprint density at radius 2 is 1.16 bits per heavy atom. The largest absolute Gasteiger partial charge is 0.480 e. The van der Waals surface area contributed by atoms with Crippen molar-refractivity contribution in [3.8, 4) is 0 Å². The van der Waals surface area contributed by atoms with Crippen molar-refractivity contribution in [1.82, 2.24) is 10.6 Å². The third kappa shape index (κ3) is 29.9. The molecule has 0 radical (unpaired) electrons. The first-order chi connectivity index (χ1) is 21.0. The van der Waals surface area contributed by atoms with Crippen LogP contribution in [0, 0.1) is 0 Å². The summed E-state index contributed by atoms with van der Waals surface area (Å²) < 4.78 is 15.6. The lowest BCUT2D eigenvalue weighted by Crippen LogP contribution is -2.44. The van der Waals surface area contributed by atoms with Crippen LogP contribution >= 0.6 is 0 Å². The van der Waals surface area contributed by atoms with Crippen LogP contribution in [0.4, 0.5) is 0 Å². The van der Waals surface area contributed by atoms with Gasteiger partial charge in [0.1, 0.15) is 18.2 Å². The van der Waals surface area contributed by atoms with E-state index >= 15 is 0 Å². The van der Waals surface area contributed by atoms with E-state index in [1.165, 1.54) is 83.5 Å². The fraction of sp³-hybridized carbons (Fsp3) is 0.882. The number of carbonyl (C=O) groups is 4. The normalized spacial score (nSPS) is 12.1. The summed E-state index contributed by atoms with van der Waals surface area (Å²) in [5, 5.41) is 14.0. The van der Waals surface area contributed by atoms with Gasteiger partial charge < -0.3 is 30.0 Å². The number of hydrogen-bond acceptors (Lipinski definition) is 7. The topological polar surface area (TPSA) is 140 Å². The minimum atomic E-state index is -1.04. The van der Waals surface area contributed by atoms with Gasteiger partial charge in [0.05, 0.1) is 19.8 Å². The van der Waals surface area contributed by atoms with Crippen LogP contribution in [0.25, 0.3) is 0 Å². The lowest BCUT2D eigenvalue weighted by molar-refractivity contribution is -0.159. The van der Waals surface area contributed by atoms with Crippen molar-refractivity contribution in [2.75, 3.05) is 33.0 Å². The molecule has 0 aliphatic carbocycles. The molecule has 44 heavy (non-hydrogen) atoms. The molecule has 258 valence electrons. The lowest BCUT2D eigenvalue weighted by atomic mass is 10.0. The van der Waals surface area contributed by atoms with E-state index in [9.17, 15) is 19.2 Å². The first kappa shape index (κ1) is 41.8. The van der Waals surface area contributed by atoms with E-state index in [2.05, 4.69) is 17.6 Å². The molecule has 0 rings (SSSR count). The number of ether oxygens (including phenoxy) is 3. The van der Waals surface area contributed by atoms with Gasteiger partial charge in [-0.25, -0.2) is 9.59 Å². The highest BCUT2D eigenvalue weighted by molar-refractivity contribution is 5.85. The Hall–Kier alpha value is -2.20. The summed E-state index contributed by atoms with van der Waals surface area (Å²) in [7, 11) is 0. The average molecular weight is 629 g/mol. The molecule has 0 saturated carbocycles. The summed E-state index contributed by atoms with van der Waals surface area (Å²) in [5.41, 5.74) is -0.707. The van der Waals surface area contributed by atoms with E-state index < -0.39 is 23.6 Å². The number of unbranched alkanes of at least 4 members (excludes halogenated alkanes) is 15. The van der Waals surface area contributed by atoms with Gasteiger partial charge in [0.15, 0.2) is 0 Å². The number of hydrogen-bond donors (Lipinski definition) is 3. The van der Waals surface area contributed by atoms with Crippen molar-refractivity contribution < 1.29 is 38.5 Å². The molecule has 0 aliphatic heterocycles. The summed E-state index contributed by atoms with van der Waals surface area (Å²) in [6.07, 6.45) is 20.8. The van der Waals surface area contributed by atoms with Crippen LogP contribution in [-0.4, -0.2) is 73.5 Å². The Labute approximate surface area is 267 Å². The fourth-order valence-corrected chi connectivity index (χ4v) is 4.73. The number of carboxylic acids is 1. The number of aliphatic carboxylic acids is 1. The second kappa shape index (κ2) is 28.3. The maximum absolute atomic E-state index is 12.7. The molecule has 0 aromatic carbocycles. The van der Waals surface area contributed by atoms with E-state index in [0.717, 1.165) is 19.3 Å². The molecular weight excluding hydrogens is 564 g/mol. The molecule has 10 heteroatoms. The van der Waals surface area contributed by atoms with Crippen molar-refractivity contribution >= 4 is 23.8 Å². The van der Waals surface area contributed by atoms with Crippen molar-refractivity contribution in [3.63, 3.8) is 0 Å². The van der Waals surface area contributed by atoms with Crippen LogP contribution in [0.15, 0.2) is 0 Å². The van der Waals surface area contributed by atoms with Crippen molar-refractivity contribution in [2.24, 2.45) is 0 Å². The summed E-state index contributed by atoms with van der Waals surface area (Å²) in [4.78, 5) is 48.0. The van der Waals surface area contributed by atoms with Crippen LogP contribution in [0.2, 0.25) is 0 Å². The average Bonchev–Trinajstić information content (AvgIpc) is 2.95. The minimum absolute atomic E-state index is 0.0466. The molecule has 0 bridgehead atoms. The van der Waals surface area contributed by atoms with Gasteiger partial charge in [-0.15, -0.1) is 0 Å². The highest BCUT2D eigenvalue weighted by atomic mass is 16.6. The van der Waals surface area contributed by atoms with Crippen LogP contribution < -0.4 is 10.6 Å². The number of carbonyl (C=O) groups excluding carboxylic acids is 3. The van der Waals surface area contributed by atoms with Crippen molar-refractivity contribution in [2.45, 2.75) is 161 Å². The minimum Gasteiger partial charge on any atom is -0.480 e. The van der Waals surface area contributed by atoms with E-state index in [-0.39, 0.29) is 57.6 Å². The zero-order chi connectivity index (χ0) is 32.9. The number of esters is 1. The molecular formula is C34H64N2O8. The summed E-state index contributed by atoms with van der Waals surface area (Å²) >= 11 is 0. The standard InChI is InChI=1S/C34H64N2O8/c1-5-6-7-8-9-10-11-12-13-14-15-16-17-18-19-20-21-31(38)36-29(33(41)44-34(2,3)4)22-23-30(37)35-24-25-42-26-27-43-28-32(39)40/h29H,5-28H2,1-4H3,(H,35,37)(H,36,38)(H,39,40). The zero-order valence-corrected chi connectivity index (χ0v) is 28.4. The quantitative estimate of drug-likeness (QED) is 0.0607. The van der Waals surface area contributed by atoms with Crippen LogP contribution in [0.1, 0.15) is 150 Å². The van der Waals surface area contributed by atoms with Gasteiger partial charge in [-0.2, -0.15) is 0 Å². The molecule has 2 amide bonds. The Bertz CT molecular complexity index is 754. The zero-order valence-electron chi connectivity index (χ0n) is 28.4. The Morgan fingerprint density at radius 3 is 1.66 bits per heavy atom. The molecule has 0 fully saturated rings. The lowest BCUT2D eigenvalue weighted by Gasteiger charge is -2.24. The number of amides is 2. The predicted octanol–water partition coefficient (Wildman–Crippen LogP) is 6.48. The highest BCUT2D eigenvalue weighted by Gasteiger charge is 2.27. The number of rotatable bonds is 30. The highest BCUT2D eigenvalue weighted by Crippen LogP contribution is 2.15. The van der Waals surface area contributed by atoms with E-state index in [0.29, 0.717) is 6.42 Å². The van der Waals surface area contributed by atoms with Gasteiger partial charge >= 0.3 is 11.9 Å². The second-order valence-electron chi connectivity index (χ2n) is 12.7. The van der Waals surface area contributed by atoms with Gasteiger partial charge in [0.25, 0.3) is 0 Å². The fourth-order valence-electron chi connectivity index (χ4n) is 4.73. The third-order valence-corrected chi connectivity index (χ3v) is 7.11. The van der Waals surface area contributed by atoms with Crippen LogP contribution in [0.5, 0.6) is 0 Å². The van der Waals surface area contributed by atoms with Crippen LogP contribution in [-0.2, 0) is 33.4 Å². The smallest absolute Gasteiger partial charge is 0.329 e. The second-order valence-corrected chi connectivity index (χ2v) is 12.7. The number of nitrogens with one attached hydrogen (secondary N) is 2. The number of carboxylic acid groups (broad SMARTS) is 1. The van der Waals surface area contributed by atoms with E-state index in [4.69, 9.17) is 19.3 Å². The summed E-state index contributed by atoms with van der Waals surface area (Å²) in [6, 6.07) is -0.892. The maximum Gasteiger partial charge on any atom is 0.329 e. The first-order valence-electron chi connectivity index (χ1n) is 17.2. The van der Waals surface area contributed by atoms with Crippen LogP contribution in [0.3, 0.4) is 0 Å². The van der Waals surface area contributed by atoms with E-state index in [1.807, 2.05) is 0 Å². The first-order valence-corrected chi connectivity index (χ1v) is 17.2. The molecule has 0 saturated heterocycles. The van der Waals surface area contributed by atoms with Gasteiger partial charge in [0.2, 0.25) is 11.8 Å². The molecule has 0 aromatic rings. The van der Waals surface area contributed by atoms with Crippen molar-refractivity contribution in [3.05, 3.63) is 0 Å². The predicted molar refractivity (Wildman–Crippen MR) is 173 cm³/mol. The Balaban J connectivity index is 4.07. The molecule has 0 aromatic heterocycles. The summed E-state index contributed by atoms with van der Waals surface area (Å²) in [6.45, 7) is 8.05. The van der Waals surface area contributed by atoms with E-state index in [1.54, 1.807) is 20.8 Å². The molecule has 0 heterocycles. The molecule has 0 aliphatic rings. The Kier molecular flexibility index (Phi) is 26.9. The molecule has 1 unspecified atom stereocenters. The van der Waals surface area contributed by atoms with Gasteiger partial charge in [0, 0.05) is 19.4 Å². The Morgan fingerprint density at radius 1 is 0.659 bits per heavy atom. The maximum atomic E-state index is 12.7. The summed E-state index contributed by atoms with van der Waals surface area (Å²) in [5.74, 6) is -2.06. The molecule has 3 N–H and O–H groups in total. The molecule has 1 atom stereocenters. The van der Waals surface area contributed by atoms with Gasteiger partial charge in [-0.3, -0.25) is 9.59 Å². The molecule has 10 nitrogen and oxygen atoms in total.